The van der Waals surface area contributed by atoms with E-state index in [2.05, 4.69) is 30.9 Å². The fraction of sp³-hybridized carbons (Fsp3) is 0.226. The number of fused-ring (bicyclic) bond motifs is 1. The number of aromatic nitrogens is 4. The Labute approximate surface area is 244 Å². The minimum Gasteiger partial charge on any atom is -0.497 e. The molecule has 1 N–H and O–H groups in total. The second-order valence-corrected chi connectivity index (χ2v) is 12.0. The van der Waals surface area contributed by atoms with E-state index in [4.69, 9.17) is 10.00 Å². The minimum absolute atomic E-state index is 0.266. The Morgan fingerprint density at radius 1 is 0.929 bits per heavy atom. The number of nitrogens with zero attached hydrogens (tertiary/aromatic N) is 6. The lowest BCUT2D eigenvalue weighted by Gasteiger charge is -2.35. The maximum absolute atomic E-state index is 13.4. The Kier molecular flexibility index (Phi) is 7.56. The molecule has 0 amide bonds. The Morgan fingerprint density at radius 2 is 1.69 bits per heavy atom. The van der Waals surface area contributed by atoms with E-state index in [0.717, 1.165) is 39.6 Å². The van der Waals surface area contributed by atoms with Crippen molar-refractivity contribution in [1.29, 1.82) is 5.26 Å². The number of rotatable bonds is 8. The summed E-state index contributed by atoms with van der Waals surface area (Å²) in [6.45, 7) is 1.94. The summed E-state index contributed by atoms with van der Waals surface area (Å²) in [4.78, 5) is 19.3. The number of nitriles is 1. The molecule has 1 aliphatic heterocycles. The molecule has 11 heteroatoms. The maximum atomic E-state index is 13.4. The number of piperazine rings is 1. The number of hydrogen-bond acceptors (Lipinski definition) is 8. The molecule has 42 heavy (non-hydrogen) atoms. The van der Waals surface area contributed by atoms with Gasteiger partial charge in [-0.15, -0.1) is 0 Å². The Balaban J connectivity index is 1.11. The van der Waals surface area contributed by atoms with Crippen LogP contribution in [0.25, 0.3) is 22.3 Å². The summed E-state index contributed by atoms with van der Waals surface area (Å²) in [6.07, 6.45) is 4.88. The van der Waals surface area contributed by atoms with E-state index in [9.17, 15) is 8.42 Å². The van der Waals surface area contributed by atoms with Gasteiger partial charge in [0.25, 0.3) is 0 Å². The monoisotopic (exact) mass is 579 g/mol. The molecule has 1 aliphatic rings. The molecular formula is C31H29N7O3S. The van der Waals surface area contributed by atoms with Crippen molar-refractivity contribution in [2.75, 3.05) is 38.2 Å². The molecule has 0 atom stereocenters. The number of methoxy groups -OCH3 is 1. The van der Waals surface area contributed by atoms with Crippen LogP contribution >= 0.6 is 0 Å². The lowest BCUT2D eigenvalue weighted by molar-refractivity contribution is 0.385. The average molecular weight is 580 g/mol. The predicted octanol–water partition coefficient (Wildman–Crippen LogP) is 4.20. The molecule has 0 radical (unpaired) electrons. The first-order valence-electron chi connectivity index (χ1n) is 13.6. The third kappa shape index (κ3) is 5.68. The van der Waals surface area contributed by atoms with Gasteiger partial charge < -0.3 is 14.6 Å². The molecule has 212 valence electrons. The number of pyridine rings is 2. The van der Waals surface area contributed by atoms with Gasteiger partial charge >= 0.3 is 0 Å². The predicted molar refractivity (Wildman–Crippen MR) is 160 cm³/mol. The van der Waals surface area contributed by atoms with E-state index in [-0.39, 0.29) is 4.90 Å². The first kappa shape index (κ1) is 27.4. The number of H-pyrrole nitrogens is 1. The highest BCUT2D eigenvalue weighted by Crippen LogP contribution is 2.26. The molecule has 0 spiro atoms. The van der Waals surface area contributed by atoms with Crippen molar-refractivity contribution in [2.24, 2.45) is 0 Å². The smallest absolute Gasteiger partial charge is 0.243 e. The molecule has 4 heterocycles. The van der Waals surface area contributed by atoms with Gasteiger partial charge in [0.15, 0.2) is 5.65 Å². The van der Waals surface area contributed by atoms with Gasteiger partial charge in [0, 0.05) is 68.0 Å². The molecule has 1 saturated heterocycles. The summed E-state index contributed by atoms with van der Waals surface area (Å²) in [7, 11) is -1.99. The molecule has 6 rings (SSSR count). The van der Waals surface area contributed by atoms with Crippen LogP contribution in [0.4, 0.5) is 5.69 Å². The average Bonchev–Trinajstić information content (AvgIpc) is 3.46. The van der Waals surface area contributed by atoms with Crippen LogP contribution in [0.2, 0.25) is 0 Å². The van der Waals surface area contributed by atoms with Crippen LogP contribution in [0, 0.1) is 11.3 Å². The zero-order chi connectivity index (χ0) is 29.1. The molecule has 0 bridgehead atoms. The van der Waals surface area contributed by atoms with Gasteiger partial charge in [-0.05, 0) is 60.5 Å². The highest BCUT2D eigenvalue weighted by Gasteiger charge is 2.28. The number of benzene rings is 2. The summed E-state index contributed by atoms with van der Waals surface area (Å²) < 4.78 is 33.6. The molecule has 0 aliphatic carbocycles. The standard InChI is InChI=1S/C31H29N7O3S/c1-41-27-12-13-33-25(19-27)6-11-30-35-29-18-24(21-34-31(29)36-30)23-4-9-28(10-5-23)42(39,40)38-16-14-37(15-17-38)26-7-2-22(20-32)3-8-26/h2-5,7-10,12-13,18-19,21H,6,11,14-17H2,1H3,(H,34,35,36). The fourth-order valence-electron chi connectivity index (χ4n) is 5.09. The third-order valence-electron chi connectivity index (χ3n) is 7.45. The first-order chi connectivity index (χ1) is 20.4. The largest absolute Gasteiger partial charge is 0.497 e. The van der Waals surface area contributed by atoms with E-state index < -0.39 is 10.0 Å². The lowest BCUT2D eigenvalue weighted by atomic mass is 10.1. The number of aromatic amines is 1. The number of nitrogens with one attached hydrogen (secondary N) is 1. The zero-order valence-corrected chi connectivity index (χ0v) is 23.9. The van der Waals surface area contributed by atoms with E-state index >= 15 is 0 Å². The number of hydrogen-bond donors (Lipinski definition) is 1. The van der Waals surface area contributed by atoms with Crippen molar-refractivity contribution in [3.05, 3.63) is 96.2 Å². The van der Waals surface area contributed by atoms with Crippen LogP contribution in [-0.2, 0) is 22.9 Å². The summed E-state index contributed by atoms with van der Waals surface area (Å²) >= 11 is 0. The van der Waals surface area contributed by atoms with Crippen molar-refractivity contribution in [1.82, 2.24) is 24.2 Å². The summed E-state index contributed by atoms with van der Waals surface area (Å²) in [5.41, 5.74) is 5.69. The van der Waals surface area contributed by atoms with Gasteiger partial charge in [0.05, 0.1) is 29.2 Å². The molecule has 2 aromatic carbocycles. The van der Waals surface area contributed by atoms with Crippen LogP contribution < -0.4 is 9.64 Å². The van der Waals surface area contributed by atoms with Gasteiger partial charge in [-0.2, -0.15) is 9.57 Å². The second kappa shape index (κ2) is 11.6. The number of anilines is 1. The van der Waals surface area contributed by atoms with Crippen LogP contribution in [-0.4, -0.2) is 65.9 Å². The Hall–Kier alpha value is -4.79. The molecule has 1 fully saturated rings. The first-order valence-corrected chi connectivity index (χ1v) is 15.1. The molecule has 10 nitrogen and oxygen atoms in total. The van der Waals surface area contributed by atoms with Crippen molar-refractivity contribution in [3.63, 3.8) is 0 Å². The number of aryl methyl sites for hydroxylation is 2. The second-order valence-electron chi connectivity index (χ2n) is 10.0. The minimum atomic E-state index is -3.62. The quantitative estimate of drug-likeness (QED) is 0.290. The summed E-state index contributed by atoms with van der Waals surface area (Å²) in [5, 5.41) is 9.01. The molecule has 5 aromatic rings. The molecule has 0 saturated carbocycles. The maximum Gasteiger partial charge on any atom is 0.243 e. The van der Waals surface area contributed by atoms with E-state index in [0.29, 0.717) is 50.2 Å². The topological polar surface area (TPSA) is 128 Å². The van der Waals surface area contributed by atoms with Gasteiger partial charge in [0.2, 0.25) is 10.0 Å². The number of imidazole rings is 1. The van der Waals surface area contributed by atoms with Gasteiger partial charge in [0.1, 0.15) is 11.6 Å². The zero-order valence-electron chi connectivity index (χ0n) is 23.1. The van der Waals surface area contributed by atoms with Crippen LogP contribution in [0.1, 0.15) is 17.1 Å². The highest BCUT2D eigenvalue weighted by molar-refractivity contribution is 7.89. The molecule has 3 aromatic heterocycles. The molecular weight excluding hydrogens is 550 g/mol. The Bertz CT molecular complexity index is 1860. The SMILES string of the molecule is COc1ccnc(CCc2nc3ncc(-c4ccc(S(=O)(=O)N5CCN(c6ccc(C#N)cc6)CC5)cc4)cc3[nH]2)c1. The van der Waals surface area contributed by atoms with Gasteiger partial charge in [-0.3, -0.25) is 4.98 Å². The highest BCUT2D eigenvalue weighted by atomic mass is 32.2. The van der Waals surface area contributed by atoms with Gasteiger partial charge in [-0.1, -0.05) is 12.1 Å². The lowest BCUT2D eigenvalue weighted by Crippen LogP contribution is -2.48. The Morgan fingerprint density at radius 3 is 2.40 bits per heavy atom. The van der Waals surface area contributed by atoms with E-state index in [1.54, 1.807) is 43.8 Å². The van der Waals surface area contributed by atoms with Crippen LogP contribution in [0.3, 0.4) is 0 Å². The van der Waals surface area contributed by atoms with Crippen molar-refractivity contribution >= 4 is 26.9 Å². The van der Waals surface area contributed by atoms with Gasteiger partial charge in [-0.25, -0.2) is 18.4 Å². The number of ether oxygens (including phenoxy) is 1. The number of sulfonamides is 1. The van der Waals surface area contributed by atoms with Crippen molar-refractivity contribution in [2.45, 2.75) is 17.7 Å². The fourth-order valence-corrected chi connectivity index (χ4v) is 6.52. The third-order valence-corrected chi connectivity index (χ3v) is 9.37. The summed E-state index contributed by atoms with van der Waals surface area (Å²) in [5.74, 6) is 1.59. The summed E-state index contributed by atoms with van der Waals surface area (Å²) in [6, 6.07) is 22.1. The van der Waals surface area contributed by atoms with Crippen molar-refractivity contribution < 1.29 is 13.2 Å². The van der Waals surface area contributed by atoms with Crippen LogP contribution in [0.5, 0.6) is 5.75 Å². The van der Waals surface area contributed by atoms with Crippen molar-refractivity contribution in [3.8, 4) is 22.9 Å². The van der Waals surface area contributed by atoms with E-state index in [1.807, 2.05) is 42.5 Å². The normalized spacial score (nSPS) is 14.1. The van der Waals surface area contributed by atoms with E-state index in [1.165, 1.54) is 4.31 Å². The van der Waals surface area contributed by atoms with Crippen LogP contribution in [0.15, 0.2) is 84.0 Å². The molecule has 0 unspecified atom stereocenters.